The predicted octanol–water partition coefficient (Wildman–Crippen LogP) is 2.56. The summed E-state index contributed by atoms with van der Waals surface area (Å²) in [5, 5.41) is 7.38. The van der Waals surface area contributed by atoms with E-state index >= 15 is 0 Å². The number of halogens is 1. The van der Waals surface area contributed by atoms with E-state index < -0.39 is 0 Å². The monoisotopic (exact) mass is 344 g/mol. The van der Waals surface area contributed by atoms with Gasteiger partial charge < -0.3 is 10.6 Å². The van der Waals surface area contributed by atoms with E-state index in [4.69, 9.17) is 0 Å². The predicted molar refractivity (Wildman–Crippen MR) is 82.0 cm³/mol. The minimum absolute atomic E-state index is 0.0340. The highest BCUT2D eigenvalue weighted by molar-refractivity contribution is 9.10. The molecule has 104 valence electrons. The number of hydrogen-bond donors (Lipinski definition) is 2. The van der Waals surface area contributed by atoms with Crippen molar-refractivity contribution in [3.63, 3.8) is 0 Å². The van der Waals surface area contributed by atoms with Gasteiger partial charge >= 0.3 is 0 Å². The summed E-state index contributed by atoms with van der Waals surface area (Å²) >= 11 is 4.90. The van der Waals surface area contributed by atoms with Gasteiger partial charge in [-0.2, -0.15) is 0 Å². The highest BCUT2D eigenvalue weighted by atomic mass is 79.9. The Kier molecular flexibility index (Phi) is 7.43. The van der Waals surface area contributed by atoms with Crippen LogP contribution in [0.2, 0.25) is 0 Å². The Morgan fingerprint density at radius 3 is 2.79 bits per heavy atom. The van der Waals surface area contributed by atoms with E-state index in [1.165, 1.54) is 6.08 Å². The molecule has 0 atom stereocenters. The number of nitrogens with one attached hydrogen (secondary N) is 2. The quantitative estimate of drug-likeness (QED) is 0.746. The third-order valence-corrected chi connectivity index (χ3v) is 3.87. The molecule has 0 aliphatic carbocycles. The molecule has 4 nitrogen and oxygen atoms in total. The van der Waals surface area contributed by atoms with Gasteiger partial charge in [0.25, 0.3) is 0 Å². The molecule has 1 aromatic heterocycles. The molecule has 2 amide bonds. The third-order valence-electron chi connectivity index (χ3n) is 2.21. The molecule has 0 saturated carbocycles. The van der Waals surface area contributed by atoms with Crippen LogP contribution in [-0.2, 0) is 9.59 Å². The fraction of sp³-hybridized carbons (Fsp3) is 0.385. The lowest BCUT2D eigenvalue weighted by Crippen LogP contribution is -2.30. The van der Waals surface area contributed by atoms with Crippen molar-refractivity contribution >= 4 is 45.2 Å². The van der Waals surface area contributed by atoms with Crippen molar-refractivity contribution in [3.05, 3.63) is 26.9 Å². The lowest BCUT2D eigenvalue weighted by Gasteiger charge is -2.03. The van der Waals surface area contributed by atoms with Crippen LogP contribution < -0.4 is 10.6 Å². The van der Waals surface area contributed by atoms with Gasteiger partial charge in [0.1, 0.15) is 0 Å². The fourth-order valence-electron chi connectivity index (χ4n) is 1.28. The van der Waals surface area contributed by atoms with Gasteiger partial charge in [0.05, 0.1) is 0 Å². The third kappa shape index (κ3) is 7.12. The molecule has 19 heavy (non-hydrogen) atoms. The second-order valence-electron chi connectivity index (χ2n) is 3.89. The van der Waals surface area contributed by atoms with Crippen LogP contribution in [0.15, 0.2) is 22.0 Å². The summed E-state index contributed by atoms with van der Waals surface area (Å²) < 4.78 is 1.00. The number of carbonyl (C=O) groups excluding carboxylic acids is 2. The standard InChI is InChI=1S/C13H17BrN2O2S/c1-2-6-15-13(18)5-7-16-12(17)4-3-11-8-10(14)9-19-11/h3-4,8-9H,2,5-7H2,1H3,(H,15,18)(H,16,17)/b4-3+. The van der Waals surface area contributed by atoms with Crippen LogP contribution in [0.25, 0.3) is 6.08 Å². The Morgan fingerprint density at radius 1 is 1.37 bits per heavy atom. The first-order valence-electron chi connectivity index (χ1n) is 6.08. The molecule has 0 aliphatic heterocycles. The molecule has 0 unspecified atom stereocenters. The molecule has 0 radical (unpaired) electrons. The molecule has 0 fully saturated rings. The maximum Gasteiger partial charge on any atom is 0.244 e. The molecular weight excluding hydrogens is 328 g/mol. The number of thiophene rings is 1. The first kappa shape index (κ1) is 15.9. The Bertz CT molecular complexity index is 457. The average Bonchev–Trinajstić information content (AvgIpc) is 2.80. The van der Waals surface area contributed by atoms with Gasteiger partial charge in [-0.15, -0.1) is 11.3 Å². The van der Waals surface area contributed by atoms with Crippen molar-refractivity contribution in [3.8, 4) is 0 Å². The summed E-state index contributed by atoms with van der Waals surface area (Å²) in [4.78, 5) is 23.8. The maximum absolute atomic E-state index is 11.5. The summed E-state index contributed by atoms with van der Waals surface area (Å²) in [6, 6.07) is 1.94. The molecule has 1 rings (SSSR count). The lowest BCUT2D eigenvalue weighted by atomic mass is 10.3. The van der Waals surface area contributed by atoms with Gasteiger partial charge in [-0.25, -0.2) is 0 Å². The Labute approximate surface area is 125 Å². The normalized spacial score (nSPS) is 10.6. The Balaban J connectivity index is 2.21. The van der Waals surface area contributed by atoms with E-state index in [2.05, 4.69) is 26.6 Å². The number of amides is 2. The molecule has 0 saturated heterocycles. The molecular formula is C13H17BrN2O2S. The lowest BCUT2D eigenvalue weighted by molar-refractivity contribution is -0.121. The molecule has 0 aliphatic rings. The molecule has 0 bridgehead atoms. The van der Waals surface area contributed by atoms with Crippen LogP contribution in [0.4, 0.5) is 0 Å². The summed E-state index contributed by atoms with van der Waals surface area (Å²) in [5.74, 6) is -0.221. The van der Waals surface area contributed by atoms with Gasteiger partial charge in [0.15, 0.2) is 0 Å². The molecule has 1 aromatic rings. The number of hydrogen-bond acceptors (Lipinski definition) is 3. The zero-order valence-corrected chi connectivity index (χ0v) is 13.1. The first-order valence-corrected chi connectivity index (χ1v) is 7.75. The summed E-state index contributed by atoms with van der Waals surface area (Å²) in [6.45, 7) is 3.03. The summed E-state index contributed by atoms with van der Waals surface area (Å²) in [5.41, 5.74) is 0. The van der Waals surface area contributed by atoms with E-state index in [0.29, 0.717) is 19.5 Å². The SMILES string of the molecule is CCCNC(=O)CCNC(=O)/C=C/c1cc(Br)cs1. The van der Waals surface area contributed by atoms with Crippen molar-refractivity contribution < 1.29 is 9.59 Å². The second-order valence-corrected chi connectivity index (χ2v) is 5.75. The van der Waals surface area contributed by atoms with Crippen molar-refractivity contribution in [2.45, 2.75) is 19.8 Å². The van der Waals surface area contributed by atoms with Crippen LogP contribution in [-0.4, -0.2) is 24.9 Å². The van der Waals surface area contributed by atoms with E-state index in [-0.39, 0.29) is 11.8 Å². The molecule has 0 aromatic carbocycles. The smallest absolute Gasteiger partial charge is 0.244 e. The van der Waals surface area contributed by atoms with Gasteiger partial charge in [-0.1, -0.05) is 6.92 Å². The van der Waals surface area contributed by atoms with Crippen molar-refractivity contribution in [1.29, 1.82) is 0 Å². The van der Waals surface area contributed by atoms with Gasteiger partial charge in [0, 0.05) is 40.3 Å². The van der Waals surface area contributed by atoms with E-state index in [1.807, 2.05) is 18.4 Å². The Hall–Kier alpha value is -1.14. The minimum Gasteiger partial charge on any atom is -0.356 e. The minimum atomic E-state index is -0.187. The highest BCUT2D eigenvalue weighted by Crippen LogP contribution is 2.20. The van der Waals surface area contributed by atoms with Crippen molar-refractivity contribution in [2.75, 3.05) is 13.1 Å². The number of carbonyl (C=O) groups is 2. The van der Waals surface area contributed by atoms with Crippen LogP contribution in [0.3, 0.4) is 0 Å². The van der Waals surface area contributed by atoms with Gasteiger partial charge in [0.2, 0.25) is 11.8 Å². The number of rotatable bonds is 7. The molecule has 0 spiro atoms. The van der Waals surface area contributed by atoms with Gasteiger partial charge in [-0.3, -0.25) is 9.59 Å². The highest BCUT2D eigenvalue weighted by Gasteiger charge is 2.01. The average molecular weight is 345 g/mol. The summed E-state index contributed by atoms with van der Waals surface area (Å²) in [7, 11) is 0. The van der Waals surface area contributed by atoms with Gasteiger partial charge in [-0.05, 0) is 34.5 Å². The second kappa shape index (κ2) is 8.87. The maximum atomic E-state index is 11.5. The fourth-order valence-corrected chi connectivity index (χ4v) is 2.62. The van der Waals surface area contributed by atoms with E-state index in [1.54, 1.807) is 17.4 Å². The molecule has 1 heterocycles. The zero-order valence-electron chi connectivity index (χ0n) is 10.7. The first-order chi connectivity index (χ1) is 9.11. The van der Waals surface area contributed by atoms with E-state index in [0.717, 1.165) is 15.8 Å². The zero-order chi connectivity index (χ0) is 14.1. The van der Waals surface area contributed by atoms with Crippen LogP contribution in [0.5, 0.6) is 0 Å². The van der Waals surface area contributed by atoms with Crippen molar-refractivity contribution in [1.82, 2.24) is 10.6 Å². The van der Waals surface area contributed by atoms with Crippen molar-refractivity contribution in [2.24, 2.45) is 0 Å². The Morgan fingerprint density at radius 2 is 2.16 bits per heavy atom. The largest absolute Gasteiger partial charge is 0.356 e. The van der Waals surface area contributed by atoms with Crippen LogP contribution in [0.1, 0.15) is 24.6 Å². The topological polar surface area (TPSA) is 58.2 Å². The molecule has 2 N–H and O–H groups in total. The summed E-state index contributed by atoms with van der Waals surface area (Å²) in [6.07, 6.45) is 4.45. The van der Waals surface area contributed by atoms with E-state index in [9.17, 15) is 9.59 Å². The van der Waals surface area contributed by atoms with Crippen LogP contribution in [0, 0.1) is 0 Å². The molecule has 6 heteroatoms. The van der Waals surface area contributed by atoms with Crippen LogP contribution >= 0.6 is 27.3 Å².